The molecule has 0 aromatic heterocycles. The fraction of sp³-hybridized carbons (Fsp3) is 1.00. The topological polar surface area (TPSA) is 0 Å². The highest BCUT2D eigenvalue weighted by Crippen LogP contribution is 2.13. The lowest BCUT2D eigenvalue weighted by Gasteiger charge is -2.35. The summed E-state index contributed by atoms with van der Waals surface area (Å²) in [7, 11) is 2.50. The first kappa shape index (κ1) is 18.0. The van der Waals surface area contributed by atoms with Crippen molar-refractivity contribution in [1.82, 2.24) is 0 Å². The van der Waals surface area contributed by atoms with Gasteiger partial charge < -0.3 is 4.48 Å². The van der Waals surface area contributed by atoms with E-state index in [2.05, 4.69) is 27.8 Å². The number of rotatable bonds is 13. The summed E-state index contributed by atoms with van der Waals surface area (Å²) in [6.07, 6.45) is 14.0. The summed E-state index contributed by atoms with van der Waals surface area (Å²) in [5.74, 6) is 0. The zero-order valence-corrected chi connectivity index (χ0v) is 13.6. The average molecular weight is 256 g/mol. The van der Waals surface area contributed by atoms with E-state index >= 15 is 0 Å². The second-order valence-electron chi connectivity index (χ2n) is 6.27. The van der Waals surface area contributed by atoms with Gasteiger partial charge in [-0.3, -0.25) is 0 Å². The molecule has 0 N–H and O–H groups in total. The van der Waals surface area contributed by atoms with Gasteiger partial charge in [0.1, 0.15) is 0 Å². The first-order chi connectivity index (χ1) is 8.68. The normalized spacial score (nSPS) is 12.0. The van der Waals surface area contributed by atoms with Gasteiger partial charge in [-0.25, -0.2) is 0 Å². The third kappa shape index (κ3) is 9.94. The van der Waals surface area contributed by atoms with Gasteiger partial charge in [-0.15, -0.1) is 0 Å². The zero-order chi connectivity index (χ0) is 13.7. The molecule has 18 heavy (non-hydrogen) atoms. The maximum absolute atomic E-state index is 2.50. The molecule has 0 aliphatic rings. The van der Waals surface area contributed by atoms with E-state index in [-0.39, 0.29) is 0 Å². The summed E-state index contributed by atoms with van der Waals surface area (Å²) >= 11 is 0. The molecule has 0 spiro atoms. The first-order valence-electron chi connectivity index (χ1n) is 8.52. The molecule has 0 saturated carbocycles. The molecule has 0 saturated heterocycles. The highest BCUT2D eigenvalue weighted by atomic mass is 15.3. The van der Waals surface area contributed by atoms with Crippen LogP contribution in [0.2, 0.25) is 0 Å². The van der Waals surface area contributed by atoms with Crippen molar-refractivity contribution in [3.8, 4) is 0 Å². The predicted molar refractivity (Wildman–Crippen MR) is 84.0 cm³/mol. The van der Waals surface area contributed by atoms with Crippen LogP contribution >= 0.6 is 0 Å². The minimum Gasteiger partial charge on any atom is -0.326 e. The van der Waals surface area contributed by atoms with Crippen LogP contribution in [0.3, 0.4) is 0 Å². The number of hydrogen-bond acceptors (Lipinski definition) is 0. The second-order valence-corrected chi connectivity index (χ2v) is 6.27. The van der Waals surface area contributed by atoms with Crippen molar-refractivity contribution in [2.45, 2.75) is 85.0 Å². The number of quaternary nitrogens is 1. The van der Waals surface area contributed by atoms with Gasteiger partial charge in [0.05, 0.1) is 26.7 Å². The maximum Gasteiger partial charge on any atom is 0.0784 e. The van der Waals surface area contributed by atoms with E-state index in [9.17, 15) is 0 Å². The molecule has 0 unspecified atom stereocenters. The summed E-state index contributed by atoms with van der Waals surface area (Å²) in [5, 5.41) is 0. The van der Waals surface area contributed by atoms with E-state index in [0.29, 0.717) is 0 Å². The van der Waals surface area contributed by atoms with E-state index in [4.69, 9.17) is 0 Å². The Kier molecular flexibility index (Phi) is 12.0. The van der Waals surface area contributed by atoms with Crippen molar-refractivity contribution in [2.75, 3.05) is 26.7 Å². The molecule has 1 nitrogen and oxygen atoms in total. The Bertz CT molecular complexity index is 155. The van der Waals surface area contributed by atoms with E-state index in [1.165, 1.54) is 88.3 Å². The van der Waals surface area contributed by atoms with Crippen molar-refractivity contribution < 1.29 is 4.48 Å². The molecular formula is C17H38N+. The Labute approximate surface area is 117 Å². The van der Waals surface area contributed by atoms with E-state index in [1.54, 1.807) is 0 Å². The van der Waals surface area contributed by atoms with Crippen LogP contribution in [-0.4, -0.2) is 31.2 Å². The fourth-order valence-electron chi connectivity index (χ4n) is 2.74. The molecule has 0 heterocycles. The van der Waals surface area contributed by atoms with E-state index in [0.717, 1.165) is 0 Å². The molecule has 0 rings (SSSR count). The summed E-state index contributed by atoms with van der Waals surface area (Å²) in [4.78, 5) is 0. The van der Waals surface area contributed by atoms with Crippen LogP contribution in [-0.2, 0) is 0 Å². The van der Waals surface area contributed by atoms with Crippen LogP contribution in [0, 0.1) is 0 Å². The van der Waals surface area contributed by atoms with E-state index in [1.807, 2.05) is 0 Å². The van der Waals surface area contributed by atoms with Crippen molar-refractivity contribution in [1.29, 1.82) is 0 Å². The summed E-state index contributed by atoms with van der Waals surface area (Å²) in [5.41, 5.74) is 0. The third-order valence-corrected chi connectivity index (χ3v) is 4.15. The molecule has 0 fully saturated rings. The molecule has 0 aliphatic carbocycles. The van der Waals surface area contributed by atoms with Crippen molar-refractivity contribution >= 4 is 0 Å². The SMILES string of the molecule is CCCCCC[N+](C)(CCCCC)CCCCC. The molecular weight excluding hydrogens is 218 g/mol. The summed E-state index contributed by atoms with van der Waals surface area (Å²) in [6.45, 7) is 11.1. The second kappa shape index (κ2) is 12.0. The molecule has 0 aromatic carbocycles. The molecule has 0 atom stereocenters. The van der Waals surface area contributed by atoms with Crippen molar-refractivity contribution in [3.63, 3.8) is 0 Å². The van der Waals surface area contributed by atoms with Gasteiger partial charge in [-0.2, -0.15) is 0 Å². The molecule has 0 aliphatic heterocycles. The van der Waals surface area contributed by atoms with Crippen LogP contribution < -0.4 is 0 Å². The third-order valence-electron chi connectivity index (χ3n) is 4.15. The molecule has 0 aromatic rings. The molecule has 0 amide bonds. The predicted octanol–water partition coefficient (Wildman–Crippen LogP) is 5.39. The Morgan fingerprint density at radius 1 is 0.500 bits per heavy atom. The Morgan fingerprint density at radius 2 is 0.833 bits per heavy atom. The standard InChI is InChI=1S/C17H38N/c1-5-8-11-14-17-18(4,15-12-9-6-2)16-13-10-7-3/h5-17H2,1-4H3/q+1. The van der Waals surface area contributed by atoms with Crippen molar-refractivity contribution in [3.05, 3.63) is 0 Å². The highest BCUT2D eigenvalue weighted by molar-refractivity contribution is 4.47. The Hall–Kier alpha value is -0.0400. The van der Waals surface area contributed by atoms with Gasteiger partial charge in [0.25, 0.3) is 0 Å². The highest BCUT2D eigenvalue weighted by Gasteiger charge is 2.19. The lowest BCUT2D eigenvalue weighted by molar-refractivity contribution is -0.910. The average Bonchev–Trinajstić information content (AvgIpc) is 2.36. The van der Waals surface area contributed by atoms with Gasteiger partial charge in [0.2, 0.25) is 0 Å². The fourth-order valence-corrected chi connectivity index (χ4v) is 2.74. The molecule has 0 bridgehead atoms. The Morgan fingerprint density at radius 3 is 1.22 bits per heavy atom. The summed E-state index contributed by atoms with van der Waals surface area (Å²) < 4.78 is 1.34. The van der Waals surface area contributed by atoms with Crippen LogP contribution in [0.25, 0.3) is 0 Å². The van der Waals surface area contributed by atoms with Crippen LogP contribution in [0.4, 0.5) is 0 Å². The molecule has 0 radical (unpaired) electrons. The smallest absolute Gasteiger partial charge is 0.0784 e. The van der Waals surface area contributed by atoms with E-state index < -0.39 is 0 Å². The van der Waals surface area contributed by atoms with Gasteiger partial charge >= 0.3 is 0 Å². The lowest BCUT2D eigenvalue weighted by Crippen LogP contribution is -2.46. The molecule has 1 heteroatoms. The van der Waals surface area contributed by atoms with Crippen molar-refractivity contribution in [2.24, 2.45) is 0 Å². The number of unbranched alkanes of at least 4 members (excludes halogenated alkanes) is 7. The number of hydrogen-bond donors (Lipinski definition) is 0. The lowest BCUT2D eigenvalue weighted by atomic mass is 10.1. The Balaban J connectivity index is 3.95. The number of nitrogens with zero attached hydrogens (tertiary/aromatic N) is 1. The van der Waals surface area contributed by atoms with Gasteiger partial charge in [0.15, 0.2) is 0 Å². The molecule has 110 valence electrons. The maximum atomic E-state index is 2.50. The van der Waals surface area contributed by atoms with Crippen LogP contribution in [0.15, 0.2) is 0 Å². The monoisotopic (exact) mass is 256 g/mol. The minimum absolute atomic E-state index is 1.34. The first-order valence-corrected chi connectivity index (χ1v) is 8.52. The largest absolute Gasteiger partial charge is 0.326 e. The zero-order valence-electron chi connectivity index (χ0n) is 13.6. The van der Waals surface area contributed by atoms with Gasteiger partial charge in [-0.1, -0.05) is 46.5 Å². The van der Waals surface area contributed by atoms with Gasteiger partial charge in [0, 0.05) is 0 Å². The van der Waals surface area contributed by atoms with Gasteiger partial charge in [-0.05, 0) is 38.5 Å². The summed E-state index contributed by atoms with van der Waals surface area (Å²) in [6, 6.07) is 0. The quantitative estimate of drug-likeness (QED) is 0.306. The minimum atomic E-state index is 1.34. The van der Waals surface area contributed by atoms with Crippen LogP contribution in [0.1, 0.15) is 85.0 Å². The van der Waals surface area contributed by atoms with Crippen LogP contribution in [0.5, 0.6) is 0 Å².